The van der Waals surface area contributed by atoms with Crippen LogP contribution < -0.4 is 0 Å². The molecule has 0 spiro atoms. The van der Waals surface area contributed by atoms with Crippen molar-refractivity contribution in [2.24, 2.45) is 0 Å². The van der Waals surface area contributed by atoms with Crippen molar-refractivity contribution in [3.63, 3.8) is 0 Å². The van der Waals surface area contributed by atoms with Crippen LogP contribution in [0.1, 0.15) is 17.5 Å². The maximum Gasteiger partial charge on any atom is 0.124 e. The highest BCUT2D eigenvalue weighted by Crippen LogP contribution is 2.25. The maximum absolute atomic E-state index is 10.3. The molecule has 60 valence electrons. The van der Waals surface area contributed by atoms with Gasteiger partial charge in [0.15, 0.2) is 0 Å². The van der Waals surface area contributed by atoms with Crippen molar-refractivity contribution >= 4 is 12.4 Å². The molecule has 0 heterocycles. The van der Waals surface area contributed by atoms with E-state index in [4.69, 9.17) is 0 Å². The molecule has 1 heteroatoms. The van der Waals surface area contributed by atoms with E-state index in [0.29, 0.717) is 6.42 Å². The Bertz CT molecular complexity index is 337. The molecule has 12 heavy (non-hydrogen) atoms. The number of fused-ring (bicyclic) bond motifs is 1. The molecular weight excluding hydrogens is 148 g/mol. The van der Waals surface area contributed by atoms with Crippen LogP contribution in [0, 0.1) is 0 Å². The van der Waals surface area contributed by atoms with Crippen LogP contribution in [0.4, 0.5) is 0 Å². The average molecular weight is 158 g/mol. The Morgan fingerprint density at radius 2 is 2.17 bits per heavy atom. The van der Waals surface area contributed by atoms with E-state index in [2.05, 4.69) is 18.2 Å². The van der Waals surface area contributed by atoms with Crippen molar-refractivity contribution in [3.05, 3.63) is 41.0 Å². The Hall–Kier alpha value is -1.37. The maximum atomic E-state index is 10.3. The van der Waals surface area contributed by atoms with E-state index in [9.17, 15) is 4.79 Å². The monoisotopic (exact) mass is 158 g/mol. The van der Waals surface area contributed by atoms with Crippen LogP contribution in [0.15, 0.2) is 29.8 Å². The van der Waals surface area contributed by atoms with Crippen molar-refractivity contribution in [2.45, 2.75) is 12.8 Å². The van der Waals surface area contributed by atoms with Crippen LogP contribution >= 0.6 is 0 Å². The van der Waals surface area contributed by atoms with Gasteiger partial charge in [0.2, 0.25) is 0 Å². The lowest BCUT2D eigenvalue weighted by molar-refractivity contribution is -0.107. The van der Waals surface area contributed by atoms with Crippen molar-refractivity contribution in [2.75, 3.05) is 0 Å². The van der Waals surface area contributed by atoms with Gasteiger partial charge in [0.05, 0.1) is 0 Å². The molecule has 0 aliphatic heterocycles. The van der Waals surface area contributed by atoms with E-state index in [1.54, 1.807) is 0 Å². The lowest BCUT2D eigenvalue weighted by Crippen LogP contribution is -1.84. The largest absolute Gasteiger partial charge is 0.303 e. The highest BCUT2D eigenvalue weighted by atomic mass is 16.1. The first-order valence-electron chi connectivity index (χ1n) is 4.11. The third-order valence-corrected chi connectivity index (χ3v) is 2.18. The molecule has 0 fully saturated rings. The van der Waals surface area contributed by atoms with Crippen LogP contribution in [0.5, 0.6) is 0 Å². The first-order valence-corrected chi connectivity index (χ1v) is 4.11. The zero-order valence-electron chi connectivity index (χ0n) is 6.79. The summed E-state index contributed by atoms with van der Waals surface area (Å²) in [5, 5.41) is 0. The van der Waals surface area contributed by atoms with E-state index in [0.717, 1.165) is 12.7 Å². The zero-order valence-corrected chi connectivity index (χ0v) is 6.79. The van der Waals surface area contributed by atoms with Gasteiger partial charge in [-0.3, -0.25) is 0 Å². The van der Waals surface area contributed by atoms with Gasteiger partial charge in [-0.05, 0) is 17.5 Å². The SMILES string of the molecule is O=CCC1=Cc2ccccc2C1. The Labute approximate surface area is 71.7 Å². The van der Waals surface area contributed by atoms with Gasteiger partial charge in [-0.1, -0.05) is 35.9 Å². The summed E-state index contributed by atoms with van der Waals surface area (Å²) in [6.07, 6.45) is 4.62. The predicted molar refractivity (Wildman–Crippen MR) is 48.8 cm³/mol. The van der Waals surface area contributed by atoms with Crippen LogP contribution in [-0.2, 0) is 11.2 Å². The van der Waals surface area contributed by atoms with Crippen molar-refractivity contribution < 1.29 is 4.79 Å². The second kappa shape index (κ2) is 2.94. The summed E-state index contributed by atoms with van der Waals surface area (Å²) in [4.78, 5) is 10.3. The molecule has 0 amide bonds. The molecule has 0 saturated carbocycles. The smallest absolute Gasteiger partial charge is 0.124 e. The second-order valence-corrected chi connectivity index (χ2v) is 3.05. The molecule has 2 rings (SSSR count). The summed E-state index contributed by atoms with van der Waals surface area (Å²) < 4.78 is 0. The number of allylic oxidation sites excluding steroid dienone is 1. The Morgan fingerprint density at radius 1 is 1.33 bits per heavy atom. The van der Waals surface area contributed by atoms with E-state index < -0.39 is 0 Å². The molecule has 0 bridgehead atoms. The normalized spacial score (nSPS) is 13.8. The molecule has 0 N–H and O–H groups in total. The fraction of sp³-hybridized carbons (Fsp3) is 0.182. The van der Waals surface area contributed by atoms with Gasteiger partial charge in [0.1, 0.15) is 6.29 Å². The Kier molecular flexibility index (Phi) is 1.78. The molecule has 1 aromatic carbocycles. The fourth-order valence-electron chi connectivity index (χ4n) is 1.59. The van der Waals surface area contributed by atoms with E-state index >= 15 is 0 Å². The summed E-state index contributed by atoms with van der Waals surface area (Å²) in [5.41, 5.74) is 3.84. The summed E-state index contributed by atoms with van der Waals surface area (Å²) in [6.45, 7) is 0. The first kappa shape index (κ1) is 7.29. The van der Waals surface area contributed by atoms with Gasteiger partial charge in [-0.2, -0.15) is 0 Å². The Balaban J connectivity index is 2.28. The van der Waals surface area contributed by atoms with E-state index in [1.807, 2.05) is 12.1 Å². The van der Waals surface area contributed by atoms with Gasteiger partial charge in [0.25, 0.3) is 0 Å². The van der Waals surface area contributed by atoms with E-state index in [-0.39, 0.29) is 0 Å². The zero-order chi connectivity index (χ0) is 8.39. The number of hydrogen-bond donors (Lipinski definition) is 0. The summed E-state index contributed by atoms with van der Waals surface area (Å²) >= 11 is 0. The number of benzene rings is 1. The number of aldehydes is 1. The van der Waals surface area contributed by atoms with Crippen LogP contribution in [-0.4, -0.2) is 6.29 Å². The quantitative estimate of drug-likeness (QED) is 0.603. The number of carbonyl (C=O) groups is 1. The molecule has 1 nitrogen and oxygen atoms in total. The highest BCUT2D eigenvalue weighted by molar-refractivity contribution is 5.68. The predicted octanol–water partition coefficient (Wildman–Crippen LogP) is 2.22. The van der Waals surface area contributed by atoms with Crippen LogP contribution in [0.2, 0.25) is 0 Å². The molecule has 1 aromatic rings. The standard InChI is InChI=1S/C11H10O/c12-6-5-9-7-10-3-1-2-4-11(10)8-9/h1-4,6-7H,5,8H2. The third-order valence-electron chi connectivity index (χ3n) is 2.18. The van der Waals surface area contributed by atoms with Crippen LogP contribution in [0.3, 0.4) is 0 Å². The van der Waals surface area contributed by atoms with Gasteiger partial charge < -0.3 is 4.79 Å². The second-order valence-electron chi connectivity index (χ2n) is 3.05. The van der Waals surface area contributed by atoms with Gasteiger partial charge in [-0.15, -0.1) is 0 Å². The van der Waals surface area contributed by atoms with Gasteiger partial charge in [0, 0.05) is 6.42 Å². The number of rotatable bonds is 2. The summed E-state index contributed by atoms with van der Waals surface area (Å²) in [7, 11) is 0. The lowest BCUT2D eigenvalue weighted by Gasteiger charge is -1.95. The highest BCUT2D eigenvalue weighted by Gasteiger charge is 2.10. The minimum absolute atomic E-state index is 0.578. The number of hydrogen-bond acceptors (Lipinski definition) is 1. The first-order chi connectivity index (χ1) is 5.90. The van der Waals surface area contributed by atoms with Crippen molar-refractivity contribution in [3.8, 4) is 0 Å². The van der Waals surface area contributed by atoms with Gasteiger partial charge in [-0.25, -0.2) is 0 Å². The average Bonchev–Trinajstić information content (AvgIpc) is 2.47. The van der Waals surface area contributed by atoms with Crippen molar-refractivity contribution in [1.82, 2.24) is 0 Å². The van der Waals surface area contributed by atoms with Gasteiger partial charge >= 0.3 is 0 Å². The summed E-state index contributed by atoms with van der Waals surface area (Å²) in [6, 6.07) is 8.27. The number of carbonyl (C=O) groups excluding carboxylic acids is 1. The molecular formula is C11H10O. The minimum atomic E-state index is 0.578. The molecule has 0 saturated heterocycles. The summed E-state index contributed by atoms with van der Waals surface area (Å²) in [5.74, 6) is 0. The molecule has 0 radical (unpaired) electrons. The minimum Gasteiger partial charge on any atom is -0.303 e. The molecule has 1 aliphatic carbocycles. The molecule has 0 atom stereocenters. The van der Waals surface area contributed by atoms with Crippen LogP contribution in [0.25, 0.3) is 6.08 Å². The topological polar surface area (TPSA) is 17.1 Å². The van der Waals surface area contributed by atoms with Crippen molar-refractivity contribution in [1.29, 1.82) is 0 Å². The molecule has 1 aliphatic rings. The van der Waals surface area contributed by atoms with E-state index in [1.165, 1.54) is 16.7 Å². The lowest BCUT2D eigenvalue weighted by atomic mass is 10.1. The Morgan fingerprint density at radius 3 is 2.92 bits per heavy atom. The molecule has 0 unspecified atom stereocenters. The fourth-order valence-corrected chi connectivity index (χ4v) is 1.59. The molecule has 0 aromatic heterocycles. The third kappa shape index (κ3) is 1.18.